The summed E-state index contributed by atoms with van der Waals surface area (Å²) in [4.78, 5) is 28.5. The average Bonchev–Trinajstić information content (AvgIpc) is 2.66. The first-order chi connectivity index (χ1) is 12.5. The molecule has 0 aliphatic heterocycles. The quantitative estimate of drug-likeness (QED) is 0.710. The third-order valence-electron chi connectivity index (χ3n) is 4.07. The highest BCUT2D eigenvalue weighted by molar-refractivity contribution is 6.07. The standard InChI is InChI=1S/C20H17NO5/c1-25-13-9-7-12(8-10-13)19-15(11-17(22)23)18(20(24)26-2)14-5-3-4-6-16(14)21-19/h3-10H,11H2,1-2H3,(H,22,23). The van der Waals surface area contributed by atoms with Crippen LogP contribution in [0.4, 0.5) is 0 Å². The lowest BCUT2D eigenvalue weighted by molar-refractivity contribution is -0.136. The smallest absolute Gasteiger partial charge is 0.338 e. The van der Waals surface area contributed by atoms with Crippen molar-refractivity contribution in [3.05, 3.63) is 59.7 Å². The summed E-state index contributed by atoms with van der Waals surface area (Å²) in [7, 11) is 2.84. The minimum atomic E-state index is -1.05. The number of carboxylic acids is 1. The molecule has 0 radical (unpaired) electrons. The summed E-state index contributed by atoms with van der Waals surface area (Å²) in [5.41, 5.74) is 2.28. The van der Waals surface area contributed by atoms with Crippen LogP contribution in [0.2, 0.25) is 0 Å². The van der Waals surface area contributed by atoms with Gasteiger partial charge in [-0.3, -0.25) is 4.79 Å². The van der Waals surface area contributed by atoms with E-state index in [4.69, 9.17) is 9.47 Å². The number of fused-ring (bicyclic) bond motifs is 1. The van der Waals surface area contributed by atoms with Gasteiger partial charge in [0, 0.05) is 16.5 Å². The second-order valence-corrected chi connectivity index (χ2v) is 5.62. The number of aromatic nitrogens is 1. The minimum Gasteiger partial charge on any atom is -0.497 e. The minimum absolute atomic E-state index is 0.228. The van der Waals surface area contributed by atoms with Crippen LogP contribution in [0.25, 0.3) is 22.2 Å². The lowest BCUT2D eigenvalue weighted by Gasteiger charge is -2.15. The van der Waals surface area contributed by atoms with Gasteiger partial charge in [-0.1, -0.05) is 18.2 Å². The summed E-state index contributed by atoms with van der Waals surface area (Å²) in [6.07, 6.45) is -0.344. The number of rotatable bonds is 5. The number of esters is 1. The topological polar surface area (TPSA) is 85.7 Å². The van der Waals surface area contributed by atoms with Gasteiger partial charge in [-0.25, -0.2) is 9.78 Å². The van der Waals surface area contributed by atoms with Crippen LogP contribution in [0.5, 0.6) is 5.75 Å². The molecular formula is C20H17NO5. The SMILES string of the molecule is COC(=O)c1c(CC(=O)O)c(-c2ccc(OC)cc2)nc2ccccc12. The van der Waals surface area contributed by atoms with E-state index >= 15 is 0 Å². The Bertz CT molecular complexity index is 979. The first-order valence-electron chi connectivity index (χ1n) is 7.91. The van der Waals surface area contributed by atoms with Gasteiger partial charge < -0.3 is 14.6 Å². The van der Waals surface area contributed by atoms with Gasteiger partial charge in [0.25, 0.3) is 0 Å². The summed E-state index contributed by atoms with van der Waals surface area (Å²) in [5.74, 6) is -0.973. The molecule has 1 aromatic heterocycles. The number of para-hydroxylation sites is 1. The maximum atomic E-state index is 12.5. The zero-order valence-corrected chi connectivity index (χ0v) is 14.4. The Hall–Kier alpha value is -3.41. The number of carbonyl (C=O) groups is 2. The van der Waals surface area contributed by atoms with Gasteiger partial charge >= 0.3 is 11.9 Å². The Morgan fingerprint density at radius 2 is 1.73 bits per heavy atom. The molecule has 6 nitrogen and oxygen atoms in total. The fourth-order valence-electron chi connectivity index (χ4n) is 2.90. The molecule has 1 heterocycles. The Morgan fingerprint density at radius 1 is 1.04 bits per heavy atom. The van der Waals surface area contributed by atoms with E-state index in [0.29, 0.717) is 33.5 Å². The molecular weight excluding hydrogens is 334 g/mol. The molecule has 3 rings (SSSR count). The Balaban J connectivity index is 2.35. The Morgan fingerprint density at radius 3 is 2.35 bits per heavy atom. The molecule has 6 heteroatoms. The molecule has 0 saturated carbocycles. The van der Waals surface area contributed by atoms with Gasteiger partial charge in [0.2, 0.25) is 0 Å². The molecule has 2 aromatic carbocycles. The van der Waals surface area contributed by atoms with Gasteiger partial charge in [-0.05, 0) is 30.3 Å². The van der Waals surface area contributed by atoms with E-state index in [1.165, 1.54) is 7.11 Å². The number of hydrogen-bond acceptors (Lipinski definition) is 5. The van der Waals surface area contributed by atoms with Crippen molar-refractivity contribution in [3.8, 4) is 17.0 Å². The molecule has 0 aliphatic rings. The first-order valence-corrected chi connectivity index (χ1v) is 7.91. The van der Waals surface area contributed by atoms with Crippen molar-refractivity contribution >= 4 is 22.8 Å². The van der Waals surface area contributed by atoms with Crippen LogP contribution < -0.4 is 4.74 Å². The maximum absolute atomic E-state index is 12.5. The second kappa shape index (κ2) is 7.23. The lowest BCUT2D eigenvalue weighted by Crippen LogP contribution is -2.13. The van der Waals surface area contributed by atoms with Gasteiger partial charge in [0.05, 0.1) is 37.4 Å². The molecule has 26 heavy (non-hydrogen) atoms. The van der Waals surface area contributed by atoms with Crippen molar-refractivity contribution < 1.29 is 24.2 Å². The van der Waals surface area contributed by atoms with Crippen LogP contribution >= 0.6 is 0 Å². The van der Waals surface area contributed by atoms with E-state index in [0.717, 1.165) is 0 Å². The Kier molecular flexibility index (Phi) is 4.84. The van der Waals surface area contributed by atoms with Crippen molar-refractivity contribution in [1.82, 2.24) is 4.98 Å². The highest BCUT2D eigenvalue weighted by Crippen LogP contribution is 2.32. The van der Waals surface area contributed by atoms with Crippen LogP contribution in [0.1, 0.15) is 15.9 Å². The summed E-state index contributed by atoms with van der Waals surface area (Å²) < 4.78 is 10.1. The number of ether oxygens (including phenoxy) is 2. The number of carbonyl (C=O) groups excluding carboxylic acids is 1. The number of carboxylic acid groups (broad SMARTS) is 1. The fourth-order valence-corrected chi connectivity index (χ4v) is 2.90. The highest BCUT2D eigenvalue weighted by atomic mass is 16.5. The van der Waals surface area contributed by atoms with E-state index < -0.39 is 11.9 Å². The van der Waals surface area contributed by atoms with Crippen molar-refractivity contribution in [2.45, 2.75) is 6.42 Å². The molecule has 132 valence electrons. The first kappa shape index (κ1) is 17.4. The zero-order chi connectivity index (χ0) is 18.7. The predicted octanol–water partition coefficient (Wildman–Crippen LogP) is 3.32. The van der Waals surface area contributed by atoms with Crippen LogP contribution in [-0.4, -0.2) is 36.2 Å². The normalized spacial score (nSPS) is 10.5. The summed E-state index contributed by atoms with van der Waals surface area (Å²) in [5, 5.41) is 9.93. The third-order valence-corrected chi connectivity index (χ3v) is 4.07. The summed E-state index contributed by atoms with van der Waals surface area (Å²) >= 11 is 0. The van der Waals surface area contributed by atoms with Gasteiger partial charge in [-0.2, -0.15) is 0 Å². The number of aliphatic carboxylic acids is 1. The number of benzene rings is 2. The van der Waals surface area contributed by atoms with Crippen LogP contribution in [0.15, 0.2) is 48.5 Å². The third kappa shape index (κ3) is 3.21. The van der Waals surface area contributed by atoms with Crippen LogP contribution in [0, 0.1) is 0 Å². The lowest BCUT2D eigenvalue weighted by atomic mass is 9.94. The largest absolute Gasteiger partial charge is 0.497 e. The second-order valence-electron chi connectivity index (χ2n) is 5.62. The number of hydrogen-bond donors (Lipinski definition) is 1. The number of methoxy groups -OCH3 is 2. The highest BCUT2D eigenvalue weighted by Gasteiger charge is 2.23. The molecule has 0 unspecified atom stereocenters. The molecule has 0 bridgehead atoms. The monoisotopic (exact) mass is 351 g/mol. The molecule has 3 aromatic rings. The van der Waals surface area contributed by atoms with E-state index in [1.807, 2.05) is 6.07 Å². The molecule has 0 aliphatic carbocycles. The predicted molar refractivity (Wildman–Crippen MR) is 96.4 cm³/mol. The molecule has 1 N–H and O–H groups in total. The van der Waals surface area contributed by atoms with E-state index in [9.17, 15) is 14.7 Å². The molecule has 0 fully saturated rings. The Labute approximate surface area is 150 Å². The zero-order valence-electron chi connectivity index (χ0n) is 14.4. The fraction of sp³-hybridized carbons (Fsp3) is 0.150. The van der Waals surface area contributed by atoms with E-state index in [-0.39, 0.29) is 12.0 Å². The summed E-state index contributed by atoms with van der Waals surface area (Å²) in [6, 6.07) is 14.2. The van der Waals surface area contributed by atoms with Crippen LogP contribution in [0.3, 0.4) is 0 Å². The summed E-state index contributed by atoms with van der Waals surface area (Å²) in [6.45, 7) is 0. The van der Waals surface area contributed by atoms with Crippen molar-refractivity contribution in [3.63, 3.8) is 0 Å². The van der Waals surface area contributed by atoms with Crippen molar-refractivity contribution in [2.24, 2.45) is 0 Å². The van der Waals surface area contributed by atoms with Gasteiger partial charge in [-0.15, -0.1) is 0 Å². The molecule has 0 amide bonds. The molecule has 0 atom stereocenters. The maximum Gasteiger partial charge on any atom is 0.338 e. The van der Waals surface area contributed by atoms with E-state index in [2.05, 4.69) is 4.98 Å². The average molecular weight is 351 g/mol. The van der Waals surface area contributed by atoms with Gasteiger partial charge in [0.15, 0.2) is 0 Å². The van der Waals surface area contributed by atoms with Crippen LogP contribution in [-0.2, 0) is 16.0 Å². The molecule has 0 saturated heterocycles. The number of nitrogens with zero attached hydrogens (tertiary/aromatic N) is 1. The van der Waals surface area contributed by atoms with Crippen molar-refractivity contribution in [2.75, 3.05) is 14.2 Å². The number of pyridine rings is 1. The van der Waals surface area contributed by atoms with Crippen molar-refractivity contribution in [1.29, 1.82) is 0 Å². The molecule has 0 spiro atoms. The van der Waals surface area contributed by atoms with E-state index in [1.54, 1.807) is 49.6 Å². The van der Waals surface area contributed by atoms with Gasteiger partial charge in [0.1, 0.15) is 5.75 Å².